The summed E-state index contributed by atoms with van der Waals surface area (Å²) in [5.41, 5.74) is 1.92. The van der Waals surface area contributed by atoms with E-state index < -0.39 is 0 Å². The molecular formula is C20H23ClN2O2. The molecule has 0 unspecified atom stereocenters. The van der Waals surface area contributed by atoms with E-state index in [4.69, 9.17) is 11.6 Å². The zero-order chi connectivity index (χ0) is 18.1. The van der Waals surface area contributed by atoms with Crippen LogP contribution in [-0.2, 0) is 6.54 Å². The number of carbonyl (C=O) groups is 2. The fourth-order valence-electron chi connectivity index (χ4n) is 2.37. The van der Waals surface area contributed by atoms with Crippen LogP contribution < -0.4 is 10.6 Å². The third-order valence-electron chi connectivity index (χ3n) is 3.82. The molecular weight excluding hydrogens is 336 g/mol. The molecule has 132 valence electrons. The fourth-order valence-corrected chi connectivity index (χ4v) is 2.49. The van der Waals surface area contributed by atoms with Gasteiger partial charge in [-0.15, -0.1) is 0 Å². The average molecular weight is 359 g/mol. The van der Waals surface area contributed by atoms with Crippen LogP contribution in [0.2, 0.25) is 5.02 Å². The molecule has 0 saturated carbocycles. The molecule has 0 bridgehead atoms. The molecule has 2 amide bonds. The molecule has 5 heteroatoms. The van der Waals surface area contributed by atoms with Gasteiger partial charge in [0.1, 0.15) is 0 Å². The summed E-state index contributed by atoms with van der Waals surface area (Å²) in [5, 5.41) is 6.39. The molecule has 0 aromatic heterocycles. The first kappa shape index (κ1) is 19.0. The number of hydrogen-bond acceptors (Lipinski definition) is 2. The van der Waals surface area contributed by atoms with Crippen LogP contribution in [0.4, 0.5) is 0 Å². The van der Waals surface area contributed by atoms with Crippen LogP contribution >= 0.6 is 11.6 Å². The van der Waals surface area contributed by atoms with Gasteiger partial charge in [0.25, 0.3) is 11.8 Å². The minimum Gasteiger partial charge on any atom is -0.352 e. The standard InChI is InChI=1S/C20H23ClN2O2/c1-2-3-4-12-22-19(24)16-6-5-7-17(13-16)20(25)23-14-15-8-10-18(21)11-9-15/h5-11,13H,2-4,12,14H2,1H3,(H,22,24)(H,23,25). The third kappa shape index (κ3) is 6.24. The molecule has 2 aromatic carbocycles. The van der Waals surface area contributed by atoms with Crippen molar-refractivity contribution in [3.05, 3.63) is 70.2 Å². The topological polar surface area (TPSA) is 58.2 Å². The minimum absolute atomic E-state index is 0.150. The van der Waals surface area contributed by atoms with Crippen molar-refractivity contribution >= 4 is 23.4 Å². The number of hydrogen-bond donors (Lipinski definition) is 2. The Morgan fingerprint density at radius 2 is 1.56 bits per heavy atom. The normalized spacial score (nSPS) is 10.3. The van der Waals surface area contributed by atoms with Gasteiger partial charge >= 0.3 is 0 Å². The number of rotatable bonds is 8. The zero-order valence-corrected chi connectivity index (χ0v) is 15.1. The maximum absolute atomic E-state index is 12.3. The number of benzene rings is 2. The van der Waals surface area contributed by atoms with Gasteiger partial charge in [0.05, 0.1) is 0 Å². The van der Waals surface area contributed by atoms with E-state index >= 15 is 0 Å². The van der Waals surface area contributed by atoms with Crippen LogP contribution in [0, 0.1) is 0 Å². The summed E-state index contributed by atoms with van der Waals surface area (Å²) in [6, 6.07) is 14.0. The van der Waals surface area contributed by atoms with Gasteiger partial charge in [-0.1, -0.05) is 49.6 Å². The monoisotopic (exact) mass is 358 g/mol. The molecule has 0 fully saturated rings. The van der Waals surface area contributed by atoms with E-state index in [-0.39, 0.29) is 11.8 Å². The van der Waals surface area contributed by atoms with Crippen molar-refractivity contribution in [2.75, 3.05) is 6.54 Å². The van der Waals surface area contributed by atoms with Gasteiger partial charge in [-0.25, -0.2) is 0 Å². The van der Waals surface area contributed by atoms with Crippen molar-refractivity contribution in [1.82, 2.24) is 10.6 Å². The predicted octanol–water partition coefficient (Wildman–Crippen LogP) is 4.19. The Morgan fingerprint density at radius 1 is 0.920 bits per heavy atom. The zero-order valence-electron chi connectivity index (χ0n) is 14.3. The van der Waals surface area contributed by atoms with Crippen molar-refractivity contribution < 1.29 is 9.59 Å². The van der Waals surface area contributed by atoms with Gasteiger partial charge < -0.3 is 10.6 Å². The Bertz CT molecular complexity index is 714. The second-order valence-electron chi connectivity index (χ2n) is 5.85. The Kier molecular flexibility index (Phi) is 7.48. The van der Waals surface area contributed by atoms with Crippen LogP contribution in [0.5, 0.6) is 0 Å². The van der Waals surface area contributed by atoms with Crippen LogP contribution in [0.1, 0.15) is 52.5 Å². The van der Waals surface area contributed by atoms with E-state index in [2.05, 4.69) is 17.6 Å². The lowest BCUT2D eigenvalue weighted by molar-refractivity contribution is 0.0950. The van der Waals surface area contributed by atoms with Gasteiger partial charge in [0, 0.05) is 29.2 Å². The highest BCUT2D eigenvalue weighted by molar-refractivity contribution is 6.30. The van der Waals surface area contributed by atoms with Crippen LogP contribution in [0.15, 0.2) is 48.5 Å². The Hall–Kier alpha value is -2.33. The van der Waals surface area contributed by atoms with E-state index in [0.717, 1.165) is 24.8 Å². The van der Waals surface area contributed by atoms with Gasteiger partial charge in [0.15, 0.2) is 0 Å². The van der Waals surface area contributed by atoms with E-state index in [1.807, 2.05) is 12.1 Å². The summed E-state index contributed by atoms with van der Waals surface area (Å²) < 4.78 is 0. The maximum atomic E-state index is 12.3. The lowest BCUT2D eigenvalue weighted by atomic mass is 10.1. The predicted molar refractivity (Wildman–Crippen MR) is 101 cm³/mol. The summed E-state index contributed by atoms with van der Waals surface area (Å²) in [5.74, 6) is -0.362. The Morgan fingerprint density at radius 3 is 2.20 bits per heavy atom. The summed E-state index contributed by atoms with van der Waals surface area (Å²) in [4.78, 5) is 24.4. The molecule has 0 atom stereocenters. The van der Waals surface area contributed by atoms with E-state index in [1.54, 1.807) is 36.4 Å². The van der Waals surface area contributed by atoms with E-state index in [9.17, 15) is 9.59 Å². The van der Waals surface area contributed by atoms with Gasteiger partial charge in [0.2, 0.25) is 0 Å². The fraction of sp³-hybridized carbons (Fsp3) is 0.300. The first-order valence-corrected chi connectivity index (χ1v) is 8.89. The summed E-state index contributed by atoms with van der Waals surface area (Å²) >= 11 is 5.85. The lowest BCUT2D eigenvalue weighted by Crippen LogP contribution is -2.26. The molecule has 0 aliphatic rings. The first-order chi connectivity index (χ1) is 12.1. The highest BCUT2D eigenvalue weighted by Crippen LogP contribution is 2.10. The molecule has 0 saturated heterocycles. The minimum atomic E-state index is -0.212. The molecule has 2 aromatic rings. The van der Waals surface area contributed by atoms with Crippen LogP contribution in [0.25, 0.3) is 0 Å². The van der Waals surface area contributed by atoms with Crippen molar-refractivity contribution in [1.29, 1.82) is 0 Å². The molecule has 0 aliphatic carbocycles. The molecule has 25 heavy (non-hydrogen) atoms. The molecule has 0 heterocycles. The van der Waals surface area contributed by atoms with Crippen molar-refractivity contribution in [2.45, 2.75) is 32.7 Å². The molecule has 2 rings (SSSR count). The number of nitrogens with one attached hydrogen (secondary N) is 2. The highest BCUT2D eigenvalue weighted by Gasteiger charge is 2.10. The number of amides is 2. The first-order valence-electron chi connectivity index (χ1n) is 8.51. The van der Waals surface area contributed by atoms with E-state index in [1.165, 1.54) is 0 Å². The smallest absolute Gasteiger partial charge is 0.251 e. The highest BCUT2D eigenvalue weighted by atomic mass is 35.5. The van der Waals surface area contributed by atoms with E-state index in [0.29, 0.717) is 29.2 Å². The van der Waals surface area contributed by atoms with Gasteiger partial charge in [-0.05, 0) is 42.3 Å². The second-order valence-corrected chi connectivity index (χ2v) is 6.29. The third-order valence-corrected chi connectivity index (χ3v) is 4.07. The largest absolute Gasteiger partial charge is 0.352 e. The summed E-state index contributed by atoms with van der Waals surface area (Å²) in [7, 11) is 0. The summed E-state index contributed by atoms with van der Waals surface area (Å²) in [6.45, 7) is 3.18. The van der Waals surface area contributed by atoms with Crippen LogP contribution in [0.3, 0.4) is 0 Å². The average Bonchev–Trinajstić information content (AvgIpc) is 2.64. The SMILES string of the molecule is CCCCCNC(=O)c1cccc(C(=O)NCc2ccc(Cl)cc2)c1. The number of unbranched alkanes of at least 4 members (excludes halogenated alkanes) is 2. The van der Waals surface area contributed by atoms with Crippen molar-refractivity contribution in [3.8, 4) is 0 Å². The van der Waals surface area contributed by atoms with Crippen molar-refractivity contribution in [3.63, 3.8) is 0 Å². The molecule has 0 radical (unpaired) electrons. The number of carbonyl (C=O) groups excluding carboxylic acids is 2. The second kappa shape index (κ2) is 9.84. The Balaban J connectivity index is 1.91. The number of halogens is 1. The Labute approximate surface area is 153 Å². The quantitative estimate of drug-likeness (QED) is 0.695. The lowest BCUT2D eigenvalue weighted by Gasteiger charge is -2.08. The molecule has 0 aliphatic heterocycles. The van der Waals surface area contributed by atoms with Gasteiger partial charge in [-0.2, -0.15) is 0 Å². The maximum Gasteiger partial charge on any atom is 0.251 e. The van der Waals surface area contributed by atoms with Crippen molar-refractivity contribution in [2.24, 2.45) is 0 Å². The van der Waals surface area contributed by atoms with Crippen LogP contribution in [-0.4, -0.2) is 18.4 Å². The summed E-state index contributed by atoms with van der Waals surface area (Å²) in [6.07, 6.45) is 3.16. The molecule has 4 nitrogen and oxygen atoms in total. The van der Waals surface area contributed by atoms with Gasteiger partial charge in [-0.3, -0.25) is 9.59 Å². The molecule has 2 N–H and O–H groups in total. The molecule has 0 spiro atoms.